The number of fused-ring (bicyclic) bond motifs is 1. The smallest absolute Gasteiger partial charge is 0.251 e. The van der Waals surface area contributed by atoms with Crippen LogP contribution < -0.4 is 16.0 Å². The molecule has 0 fully saturated rings. The molecular formula is C27H25N3O2. The highest BCUT2D eigenvalue weighted by Crippen LogP contribution is 2.19. The van der Waals surface area contributed by atoms with Gasteiger partial charge in [-0.2, -0.15) is 0 Å². The first-order valence-corrected chi connectivity index (χ1v) is 10.6. The van der Waals surface area contributed by atoms with Gasteiger partial charge in [-0.25, -0.2) is 0 Å². The third-order valence-corrected chi connectivity index (χ3v) is 5.26. The molecule has 0 saturated carbocycles. The second-order valence-corrected chi connectivity index (χ2v) is 7.65. The van der Waals surface area contributed by atoms with Gasteiger partial charge in [0.25, 0.3) is 5.91 Å². The van der Waals surface area contributed by atoms with Crippen molar-refractivity contribution in [2.75, 3.05) is 17.2 Å². The molecule has 4 aromatic carbocycles. The highest BCUT2D eigenvalue weighted by molar-refractivity contribution is 5.97. The predicted molar refractivity (Wildman–Crippen MR) is 130 cm³/mol. The number of hydrogen-bond acceptors (Lipinski definition) is 3. The van der Waals surface area contributed by atoms with Crippen LogP contribution in [0.25, 0.3) is 10.8 Å². The van der Waals surface area contributed by atoms with E-state index in [-0.39, 0.29) is 24.4 Å². The first-order chi connectivity index (χ1) is 15.6. The molecule has 32 heavy (non-hydrogen) atoms. The zero-order chi connectivity index (χ0) is 22.3. The molecule has 0 radical (unpaired) electrons. The van der Waals surface area contributed by atoms with Crippen molar-refractivity contribution >= 4 is 34.0 Å². The molecular weight excluding hydrogens is 398 g/mol. The molecule has 4 rings (SSSR count). The van der Waals surface area contributed by atoms with Crippen LogP contribution in [0.1, 0.15) is 28.9 Å². The standard InChI is InChI=1S/C27H25N3O2/c1-19(20-8-3-2-4-9-20)29-27(32)23-12-7-13-24(17-23)28-18-26(31)30-25-15-14-21-10-5-6-11-22(21)16-25/h2-17,19,28H,18H2,1H3,(H,29,32)(H,30,31). The van der Waals surface area contributed by atoms with Crippen molar-refractivity contribution in [2.45, 2.75) is 13.0 Å². The van der Waals surface area contributed by atoms with Crippen molar-refractivity contribution < 1.29 is 9.59 Å². The second-order valence-electron chi connectivity index (χ2n) is 7.65. The van der Waals surface area contributed by atoms with Gasteiger partial charge < -0.3 is 16.0 Å². The molecule has 0 aromatic heterocycles. The van der Waals surface area contributed by atoms with E-state index in [2.05, 4.69) is 16.0 Å². The van der Waals surface area contributed by atoms with Crippen LogP contribution in [0.2, 0.25) is 0 Å². The van der Waals surface area contributed by atoms with Gasteiger partial charge in [-0.3, -0.25) is 9.59 Å². The third kappa shape index (κ3) is 5.32. The van der Waals surface area contributed by atoms with Crippen molar-refractivity contribution in [1.29, 1.82) is 0 Å². The van der Waals surface area contributed by atoms with Gasteiger partial charge in [-0.05, 0) is 53.6 Å². The van der Waals surface area contributed by atoms with E-state index < -0.39 is 0 Å². The largest absolute Gasteiger partial charge is 0.376 e. The minimum absolute atomic E-state index is 0.0956. The Hall–Kier alpha value is -4.12. The summed E-state index contributed by atoms with van der Waals surface area (Å²) in [4.78, 5) is 25.0. The van der Waals surface area contributed by atoms with Gasteiger partial charge in [0.05, 0.1) is 12.6 Å². The van der Waals surface area contributed by atoms with Crippen LogP contribution in [0.15, 0.2) is 97.1 Å². The molecule has 3 N–H and O–H groups in total. The number of carbonyl (C=O) groups is 2. The number of anilines is 2. The van der Waals surface area contributed by atoms with Gasteiger partial charge >= 0.3 is 0 Å². The van der Waals surface area contributed by atoms with E-state index in [9.17, 15) is 9.59 Å². The first-order valence-electron chi connectivity index (χ1n) is 10.6. The fourth-order valence-electron chi connectivity index (χ4n) is 3.53. The van der Waals surface area contributed by atoms with Gasteiger partial charge in [0.15, 0.2) is 0 Å². The Morgan fingerprint density at radius 3 is 2.31 bits per heavy atom. The number of nitrogens with one attached hydrogen (secondary N) is 3. The quantitative estimate of drug-likeness (QED) is 0.374. The van der Waals surface area contributed by atoms with Gasteiger partial charge in [-0.15, -0.1) is 0 Å². The van der Waals surface area contributed by atoms with E-state index in [1.165, 1.54) is 0 Å². The maximum Gasteiger partial charge on any atom is 0.251 e. The molecule has 0 aliphatic rings. The van der Waals surface area contributed by atoms with Gasteiger partial charge in [-0.1, -0.05) is 66.7 Å². The summed E-state index contributed by atoms with van der Waals surface area (Å²) in [6.07, 6.45) is 0. The summed E-state index contributed by atoms with van der Waals surface area (Å²) in [6.45, 7) is 2.05. The minimum atomic E-state index is -0.161. The fraction of sp³-hybridized carbons (Fsp3) is 0.111. The molecule has 5 nitrogen and oxygen atoms in total. The molecule has 4 aromatic rings. The monoisotopic (exact) mass is 423 g/mol. The van der Waals surface area contributed by atoms with Crippen LogP contribution in [0.4, 0.5) is 11.4 Å². The number of hydrogen-bond donors (Lipinski definition) is 3. The van der Waals surface area contributed by atoms with Gasteiger partial charge in [0.1, 0.15) is 0 Å². The van der Waals surface area contributed by atoms with E-state index in [1.54, 1.807) is 18.2 Å². The number of carbonyl (C=O) groups excluding carboxylic acids is 2. The SMILES string of the molecule is CC(NC(=O)c1cccc(NCC(=O)Nc2ccc3ccccc3c2)c1)c1ccccc1. The van der Waals surface area contributed by atoms with Crippen molar-refractivity contribution in [1.82, 2.24) is 5.32 Å². The summed E-state index contributed by atoms with van der Waals surface area (Å²) in [6, 6.07) is 30.7. The lowest BCUT2D eigenvalue weighted by atomic mass is 10.1. The lowest BCUT2D eigenvalue weighted by molar-refractivity contribution is -0.114. The second kappa shape index (κ2) is 9.79. The van der Waals surface area contributed by atoms with Crippen molar-refractivity contribution in [2.24, 2.45) is 0 Å². The van der Waals surface area contributed by atoms with Crippen molar-refractivity contribution in [3.63, 3.8) is 0 Å². The Kier molecular flexibility index (Phi) is 6.46. The van der Waals surface area contributed by atoms with Crippen LogP contribution in [-0.2, 0) is 4.79 Å². The zero-order valence-corrected chi connectivity index (χ0v) is 17.8. The molecule has 1 atom stereocenters. The fourth-order valence-corrected chi connectivity index (χ4v) is 3.53. The molecule has 160 valence electrons. The zero-order valence-electron chi connectivity index (χ0n) is 17.8. The highest BCUT2D eigenvalue weighted by Gasteiger charge is 2.12. The molecule has 5 heteroatoms. The predicted octanol–water partition coefficient (Wildman–Crippen LogP) is 5.38. The Labute approximate surface area is 187 Å². The Balaban J connectivity index is 1.34. The van der Waals surface area contributed by atoms with E-state index in [4.69, 9.17) is 0 Å². The molecule has 2 amide bonds. The summed E-state index contributed by atoms with van der Waals surface area (Å²) >= 11 is 0. The third-order valence-electron chi connectivity index (χ3n) is 5.26. The Bertz CT molecular complexity index is 1240. The van der Waals surface area contributed by atoms with Gasteiger partial charge in [0.2, 0.25) is 5.91 Å². The molecule has 0 aliphatic heterocycles. The van der Waals surface area contributed by atoms with Crippen molar-refractivity contribution in [3.05, 3.63) is 108 Å². The molecule has 0 bridgehead atoms. The molecule has 0 aliphatic carbocycles. The first kappa shape index (κ1) is 21.1. The number of rotatable bonds is 7. The van der Waals surface area contributed by atoms with E-state index in [0.29, 0.717) is 11.3 Å². The van der Waals surface area contributed by atoms with Crippen LogP contribution in [-0.4, -0.2) is 18.4 Å². The summed E-state index contributed by atoms with van der Waals surface area (Å²) < 4.78 is 0. The Morgan fingerprint density at radius 1 is 0.750 bits per heavy atom. The molecule has 0 spiro atoms. The van der Waals surface area contributed by atoms with Crippen LogP contribution >= 0.6 is 0 Å². The van der Waals surface area contributed by atoms with Crippen LogP contribution in [0.5, 0.6) is 0 Å². The summed E-state index contributed by atoms with van der Waals surface area (Å²) in [5.41, 5.74) is 3.03. The van der Waals surface area contributed by atoms with Crippen LogP contribution in [0, 0.1) is 0 Å². The van der Waals surface area contributed by atoms with E-state index in [0.717, 1.165) is 22.0 Å². The molecule has 1 unspecified atom stereocenters. The van der Waals surface area contributed by atoms with Crippen LogP contribution in [0.3, 0.4) is 0 Å². The summed E-state index contributed by atoms with van der Waals surface area (Å²) in [5, 5.41) is 11.2. The average molecular weight is 424 g/mol. The summed E-state index contributed by atoms with van der Waals surface area (Å²) in [5.74, 6) is -0.321. The van der Waals surface area contributed by atoms with Crippen molar-refractivity contribution in [3.8, 4) is 0 Å². The lowest BCUT2D eigenvalue weighted by Gasteiger charge is -2.15. The number of benzene rings is 4. The lowest BCUT2D eigenvalue weighted by Crippen LogP contribution is -2.26. The molecule has 0 saturated heterocycles. The Morgan fingerprint density at radius 2 is 1.50 bits per heavy atom. The number of amides is 2. The minimum Gasteiger partial charge on any atom is -0.376 e. The van der Waals surface area contributed by atoms with E-state index >= 15 is 0 Å². The van der Waals surface area contributed by atoms with Gasteiger partial charge in [0, 0.05) is 16.9 Å². The normalized spacial score (nSPS) is 11.5. The maximum absolute atomic E-state index is 12.6. The highest BCUT2D eigenvalue weighted by atomic mass is 16.2. The topological polar surface area (TPSA) is 70.2 Å². The average Bonchev–Trinajstić information content (AvgIpc) is 2.83. The summed E-state index contributed by atoms with van der Waals surface area (Å²) in [7, 11) is 0. The van der Waals surface area contributed by atoms with E-state index in [1.807, 2.05) is 85.8 Å². The maximum atomic E-state index is 12.6. The molecule has 0 heterocycles.